The number of ether oxygens (including phenoxy) is 1. The number of benzene rings is 2. The number of hydrogen-bond acceptors (Lipinski definition) is 3. The van der Waals surface area contributed by atoms with Gasteiger partial charge in [0.25, 0.3) is 5.91 Å². The van der Waals surface area contributed by atoms with E-state index in [0.29, 0.717) is 22.2 Å². The second-order valence-electron chi connectivity index (χ2n) is 6.35. The second-order valence-corrected chi connectivity index (χ2v) is 7.19. The average Bonchev–Trinajstić information content (AvgIpc) is 3.11. The van der Waals surface area contributed by atoms with Gasteiger partial charge in [-0.25, -0.2) is 0 Å². The first-order valence-corrected chi connectivity index (χ1v) is 9.12. The van der Waals surface area contributed by atoms with Crippen LogP contribution in [-0.4, -0.2) is 30.1 Å². The molecule has 2 aromatic carbocycles. The molecule has 2 aliphatic rings. The number of carbonyl (C=O) groups is 1. The van der Waals surface area contributed by atoms with E-state index in [2.05, 4.69) is 5.32 Å². The molecule has 1 fully saturated rings. The Labute approximate surface area is 156 Å². The van der Waals surface area contributed by atoms with Gasteiger partial charge in [0.1, 0.15) is 6.17 Å². The van der Waals surface area contributed by atoms with Crippen LogP contribution in [0.3, 0.4) is 0 Å². The van der Waals surface area contributed by atoms with E-state index in [1.165, 1.54) is 0 Å². The Bertz CT molecular complexity index is 806. The number of fused-ring (bicyclic) bond motifs is 1. The van der Waals surface area contributed by atoms with Crippen LogP contribution in [0.4, 0.5) is 5.69 Å². The fourth-order valence-electron chi connectivity index (χ4n) is 3.46. The van der Waals surface area contributed by atoms with Crippen LogP contribution < -0.4 is 5.32 Å². The van der Waals surface area contributed by atoms with E-state index in [9.17, 15) is 4.79 Å². The first-order valence-electron chi connectivity index (χ1n) is 8.36. The lowest BCUT2D eigenvalue weighted by Gasteiger charge is -2.39. The molecule has 4 rings (SSSR count). The number of nitrogens with zero attached hydrogens (tertiary/aromatic N) is 1. The van der Waals surface area contributed by atoms with E-state index >= 15 is 0 Å². The first-order chi connectivity index (χ1) is 12.1. The summed E-state index contributed by atoms with van der Waals surface area (Å²) in [4.78, 5) is 14.9. The minimum atomic E-state index is -0.351. The Morgan fingerprint density at radius 2 is 2.04 bits per heavy atom. The van der Waals surface area contributed by atoms with Crippen molar-refractivity contribution in [3.63, 3.8) is 0 Å². The summed E-state index contributed by atoms with van der Waals surface area (Å²) in [7, 11) is 0. The predicted molar refractivity (Wildman–Crippen MR) is 99.3 cm³/mol. The van der Waals surface area contributed by atoms with E-state index in [1.54, 1.807) is 12.1 Å². The Morgan fingerprint density at radius 1 is 1.20 bits per heavy atom. The largest absolute Gasteiger partial charge is 0.376 e. The maximum Gasteiger partial charge on any atom is 0.257 e. The second kappa shape index (κ2) is 6.87. The van der Waals surface area contributed by atoms with Crippen molar-refractivity contribution in [2.45, 2.75) is 25.1 Å². The number of para-hydroxylation sites is 1. The number of anilines is 1. The summed E-state index contributed by atoms with van der Waals surface area (Å²) in [5, 5.41) is 4.56. The molecule has 6 heteroatoms. The zero-order chi connectivity index (χ0) is 17.4. The average molecular weight is 377 g/mol. The van der Waals surface area contributed by atoms with Crippen LogP contribution in [0, 0.1) is 0 Å². The molecule has 25 heavy (non-hydrogen) atoms. The van der Waals surface area contributed by atoms with Gasteiger partial charge in [0.2, 0.25) is 0 Å². The molecule has 2 unspecified atom stereocenters. The van der Waals surface area contributed by atoms with Gasteiger partial charge in [-0.1, -0.05) is 41.4 Å². The van der Waals surface area contributed by atoms with Crippen molar-refractivity contribution in [1.82, 2.24) is 4.90 Å². The summed E-state index contributed by atoms with van der Waals surface area (Å²) in [6, 6.07) is 12.9. The van der Waals surface area contributed by atoms with Gasteiger partial charge < -0.3 is 15.0 Å². The van der Waals surface area contributed by atoms with Crippen LogP contribution in [0.15, 0.2) is 42.5 Å². The number of rotatable bonds is 3. The molecule has 1 amide bonds. The summed E-state index contributed by atoms with van der Waals surface area (Å²) in [5.41, 5.74) is 2.31. The van der Waals surface area contributed by atoms with Crippen molar-refractivity contribution in [3.05, 3.63) is 63.6 Å². The van der Waals surface area contributed by atoms with Crippen molar-refractivity contribution >= 4 is 34.8 Å². The summed E-state index contributed by atoms with van der Waals surface area (Å²) < 4.78 is 5.75. The van der Waals surface area contributed by atoms with Gasteiger partial charge in [-0.2, -0.15) is 0 Å². The van der Waals surface area contributed by atoms with Crippen molar-refractivity contribution < 1.29 is 9.53 Å². The standard InChI is InChI=1S/C19H18Cl2N2O2/c20-12-7-8-14(16(21)10-12)18-22-17-6-2-1-5-15(17)19(24)23(18)11-13-4-3-9-25-13/h1-2,5-8,10,13,18,22H,3-4,9,11H2. The topological polar surface area (TPSA) is 41.6 Å². The number of carbonyl (C=O) groups excluding carboxylic acids is 1. The third kappa shape index (κ3) is 3.22. The molecule has 2 aliphatic heterocycles. The first kappa shape index (κ1) is 16.7. The summed E-state index contributed by atoms with van der Waals surface area (Å²) in [5.74, 6) is -0.0131. The van der Waals surface area contributed by atoms with Gasteiger partial charge in [0.15, 0.2) is 0 Å². The molecule has 130 valence electrons. The summed E-state index contributed by atoms with van der Waals surface area (Å²) in [6.07, 6.45) is 1.70. The van der Waals surface area contributed by atoms with Crippen LogP contribution in [0.25, 0.3) is 0 Å². The van der Waals surface area contributed by atoms with Gasteiger partial charge in [-0.15, -0.1) is 0 Å². The lowest BCUT2D eigenvalue weighted by Crippen LogP contribution is -2.46. The molecule has 2 aromatic rings. The molecule has 2 atom stereocenters. The minimum Gasteiger partial charge on any atom is -0.376 e. The Kier molecular flexibility index (Phi) is 4.59. The van der Waals surface area contributed by atoms with Gasteiger partial charge in [-0.3, -0.25) is 4.79 Å². The lowest BCUT2D eigenvalue weighted by atomic mass is 10.0. The van der Waals surface area contributed by atoms with Crippen LogP contribution in [-0.2, 0) is 4.74 Å². The van der Waals surface area contributed by atoms with Gasteiger partial charge in [-0.05, 0) is 37.1 Å². The van der Waals surface area contributed by atoms with Crippen LogP contribution in [0.1, 0.15) is 34.9 Å². The lowest BCUT2D eigenvalue weighted by molar-refractivity contribution is 0.0427. The molecule has 2 heterocycles. The molecule has 0 bridgehead atoms. The van der Waals surface area contributed by atoms with Crippen LogP contribution >= 0.6 is 23.2 Å². The van der Waals surface area contributed by atoms with Gasteiger partial charge in [0.05, 0.1) is 11.7 Å². The predicted octanol–water partition coefficient (Wildman–Crippen LogP) is 4.74. The Balaban J connectivity index is 1.74. The molecule has 1 N–H and O–H groups in total. The van der Waals surface area contributed by atoms with Gasteiger partial charge in [0, 0.05) is 34.4 Å². The Hall–Kier alpha value is -1.75. The SMILES string of the molecule is O=C1c2ccccc2NC(c2ccc(Cl)cc2Cl)N1CC1CCCO1. The van der Waals surface area contributed by atoms with E-state index in [-0.39, 0.29) is 18.2 Å². The van der Waals surface area contributed by atoms with Gasteiger partial charge >= 0.3 is 0 Å². The van der Waals surface area contributed by atoms with E-state index in [0.717, 1.165) is 30.7 Å². The third-order valence-electron chi connectivity index (χ3n) is 4.70. The highest BCUT2D eigenvalue weighted by Crippen LogP contribution is 2.37. The molecule has 0 radical (unpaired) electrons. The molecule has 0 saturated carbocycles. The van der Waals surface area contributed by atoms with E-state index in [4.69, 9.17) is 27.9 Å². The number of hydrogen-bond donors (Lipinski definition) is 1. The highest BCUT2D eigenvalue weighted by molar-refractivity contribution is 6.35. The highest BCUT2D eigenvalue weighted by Gasteiger charge is 2.35. The van der Waals surface area contributed by atoms with Crippen LogP contribution in [0.2, 0.25) is 10.0 Å². The Morgan fingerprint density at radius 3 is 2.80 bits per heavy atom. The fraction of sp³-hybridized carbons (Fsp3) is 0.316. The number of nitrogens with one attached hydrogen (secondary N) is 1. The molecule has 0 spiro atoms. The maximum absolute atomic E-state index is 13.1. The third-order valence-corrected chi connectivity index (χ3v) is 5.27. The smallest absolute Gasteiger partial charge is 0.257 e. The van der Waals surface area contributed by atoms with E-state index < -0.39 is 0 Å². The van der Waals surface area contributed by atoms with Crippen molar-refractivity contribution in [2.75, 3.05) is 18.5 Å². The van der Waals surface area contributed by atoms with Crippen molar-refractivity contribution in [1.29, 1.82) is 0 Å². The summed E-state index contributed by atoms with van der Waals surface area (Å²) in [6.45, 7) is 1.28. The normalized spacial score (nSPS) is 22.6. The summed E-state index contributed by atoms with van der Waals surface area (Å²) >= 11 is 12.5. The molecule has 0 aliphatic carbocycles. The van der Waals surface area contributed by atoms with Crippen molar-refractivity contribution in [3.8, 4) is 0 Å². The molecule has 0 aromatic heterocycles. The van der Waals surface area contributed by atoms with E-state index in [1.807, 2.05) is 35.2 Å². The minimum absolute atomic E-state index is 0.0131. The van der Waals surface area contributed by atoms with Crippen LogP contribution in [0.5, 0.6) is 0 Å². The maximum atomic E-state index is 13.1. The molecular weight excluding hydrogens is 359 g/mol. The molecule has 1 saturated heterocycles. The number of halogens is 2. The zero-order valence-electron chi connectivity index (χ0n) is 13.5. The van der Waals surface area contributed by atoms with Crippen molar-refractivity contribution in [2.24, 2.45) is 0 Å². The monoisotopic (exact) mass is 376 g/mol. The number of amides is 1. The quantitative estimate of drug-likeness (QED) is 0.840. The molecule has 4 nitrogen and oxygen atoms in total. The highest BCUT2D eigenvalue weighted by atomic mass is 35.5. The fourth-order valence-corrected chi connectivity index (χ4v) is 3.97. The molecular formula is C19H18Cl2N2O2. The zero-order valence-corrected chi connectivity index (χ0v) is 15.1.